The Balaban J connectivity index is 1.94. The van der Waals surface area contributed by atoms with Crippen LogP contribution in [0, 0.1) is 0 Å². The quantitative estimate of drug-likeness (QED) is 0.926. The van der Waals surface area contributed by atoms with Gasteiger partial charge in [0.25, 0.3) is 0 Å². The van der Waals surface area contributed by atoms with Crippen molar-refractivity contribution in [3.8, 4) is 11.5 Å². The Bertz CT molecular complexity index is 441. The summed E-state index contributed by atoms with van der Waals surface area (Å²) in [6.45, 7) is 0.889. The number of hydrogen-bond acceptors (Lipinski definition) is 4. The molecule has 112 valence electrons. The second-order valence-electron chi connectivity index (χ2n) is 4.65. The highest BCUT2D eigenvalue weighted by atomic mass is 19.4. The number of halogens is 3. The average Bonchev–Trinajstić information content (AvgIpc) is 2.36. The van der Waals surface area contributed by atoms with Gasteiger partial charge >= 0.3 is 6.36 Å². The van der Waals surface area contributed by atoms with Crippen molar-refractivity contribution in [1.29, 1.82) is 0 Å². The molecule has 1 saturated heterocycles. The summed E-state index contributed by atoms with van der Waals surface area (Å²) < 4.78 is 50.6. The monoisotopic (exact) mass is 292 g/mol. The number of rotatable bonds is 4. The Morgan fingerprint density at radius 2 is 1.85 bits per heavy atom. The summed E-state index contributed by atoms with van der Waals surface area (Å²) in [5.41, 5.74) is -1.00. The van der Waals surface area contributed by atoms with Crippen LogP contribution in [-0.4, -0.2) is 36.9 Å². The largest absolute Gasteiger partial charge is 0.573 e. The van der Waals surface area contributed by atoms with Gasteiger partial charge < -0.3 is 19.3 Å². The number of hydrogen-bond donors (Lipinski definition) is 1. The van der Waals surface area contributed by atoms with Crippen LogP contribution >= 0.6 is 0 Å². The first-order chi connectivity index (χ1) is 9.36. The predicted octanol–water partition coefficient (Wildman–Crippen LogP) is 2.51. The summed E-state index contributed by atoms with van der Waals surface area (Å²) >= 11 is 0. The average molecular weight is 292 g/mol. The van der Waals surface area contributed by atoms with Crippen molar-refractivity contribution in [2.45, 2.75) is 24.8 Å². The minimum Gasteiger partial charge on any atom is -0.490 e. The molecule has 0 unspecified atom stereocenters. The van der Waals surface area contributed by atoms with Gasteiger partial charge in [-0.05, 0) is 12.1 Å². The second-order valence-corrected chi connectivity index (χ2v) is 4.65. The lowest BCUT2D eigenvalue weighted by molar-refractivity contribution is -0.274. The molecule has 1 N–H and O–H groups in total. The molecular formula is C13H15F3O4. The molecule has 0 aromatic heterocycles. The van der Waals surface area contributed by atoms with Crippen LogP contribution in [0.1, 0.15) is 12.8 Å². The van der Waals surface area contributed by atoms with E-state index in [1.807, 2.05) is 0 Å². The molecule has 1 aliphatic heterocycles. The van der Waals surface area contributed by atoms with Crippen molar-refractivity contribution in [2.75, 3.05) is 19.8 Å². The molecule has 1 fully saturated rings. The lowest BCUT2D eigenvalue weighted by atomic mass is 9.96. The minimum atomic E-state index is -4.74. The van der Waals surface area contributed by atoms with Crippen LogP contribution in [0.15, 0.2) is 24.3 Å². The Labute approximate surface area is 114 Å². The number of ether oxygens (including phenoxy) is 3. The highest BCUT2D eigenvalue weighted by Crippen LogP contribution is 2.27. The summed E-state index contributed by atoms with van der Waals surface area (Å²) in [5.74, 6) is -0.138. The van der Waals surface area contributed by atoms with Gasteiger partial charge in [0, 0.05) is 32.1 Å². The van der Waals surface area contributed by atoms with Crippen LogP contribution in [0.5, 0.6) is 11.5 Å². The van der Waals surface area contributed by atoms with Crippen molar-refractivity contribution in [3.63, 3.8) is 0 Å². The fraction of sp³-hybridized carbons (Fsp3) is 0.538. The first-order valence-electron chi connectivity index (χ1n) is 6.15. The molecule has 1 aromatic carbocycles. The van der Waals surface area contributed by atoms with Crippen molar-refractivity contribution in [3.05, 3.63) is 24.3 Å². The zero-order chi connectivity index (χ0) is 14.6. The molecule has 1 heterocycles. The molecule has 2 rings (SSSR count). The molecule has 0 saturated carbocycles. The van der Waals surface area contributed by atoms with E-state index in [-0.39, 0.29) is 18.1 Å². The number of aliphatic hydroxyl groups is 1. The molecule has 1 aromatic rings. The van der Waals surface area contributed by atoms with Crippen molar-refractivity contribution < 1.29 is 32.5 Å². The van der Waals surface area contributed by atoms with Crippen molar-refractivity contribution in [1.82, 2.24) is 0 Å². The maximum absolute atomic E-state index is 12.1. The molecule has 0 spiro atoms. The predicted molar refractivity (Wildman–Crippen MR) is 63.6 cm³/mol. The summed E-state index contributed by atoms with van der Waals surface area (Å²) in [6.07, 6.45) is -3.87. The summed E-state index contributed by atoms with van der Waals surface area (Å²) in [6, 6.07) is 5.22. The standard InChI is InChI=1S/C13H15F3O4/c14-13(15,16)20-11-3-1-2-10(8-11)19-9-12(17)4-6-18-7-5-12/h1-3,8,17H,4-7,9H2. The number of alkyl halides is 3. The van der Waals surface area contributed by atoms with E-state index in [0.29, 0.717) is 26.1 Å². The minimum absolute atomic E-state index is 0.00578. The topological polar surface area (TPSA) is 47.9 Å². The zero-order valence-corrected chi connectivity index (χ0v) is 10.7. The van der Waals surface area contributed by atoms with Gasteiger partial charge in [-0.25, -0.2) is 0 Å². The van der Waals surface area contributed by atoms with Gasteiger partial charge in [0.05, 0.1) is 0 Å². The van der Waals surface area contributed by atoms with Crippen LogP contribution < -0.4 is 9.47 Å². The van der Waals surface area contributed by atoms with E-state index < -0.39 is 12.0 Å². The molecule has 20 heavy (non-hydrogen) atoms. The molecule has 0 radical (unpaired) electrons. The normalized spacial score (nSPS) is 18.6. The fourth-order valence-corrected chi connectivity index (χ4v) is 1.87. The molecular weight excluding hydrogens is 277 g/mol. The molecule has 0 atom stereocenters. The van der Waals surface area contributed by atoms with Crippen LogP contribution in [0.4, 0.5) is 13.2 Å². The summed E-state index contributed by atoms with van der Waals surface area (Å²) in [7, 11) is 0. The van der Waals surface area contributed by atoms with Crippen molar-refractivity contribution >= 4 is 0 Å². The van der Waals surface area contributed by atoms with Gasteiger partial charge in [-0.2, -0.15) is 0 Å². The highest BCUT2D eigenvalue weighted by molar-refractivity contribution is 5.33. The van der Waals surface area contributed by atoms with Gasteiger partial charge in [-0.15, -0.1) is 13.2 Å². The highest BCUT2D eigenvalue weighted by Gasteiger charge is 2.32. The lowest BCUT2D eigenvalue weighted by Crippen LogP contribution is -2.41. The SMILES string of the molecule is OC1(COc2cccc(OC(F)(F)F)c2)CCOCC1. The first kappa shape index (κ1) is 14.9. The first-order valence-corrected chi connectivity index (χ1v) is 6.15. The third kappa shape index (κ3) is 4.57. The van der Waals surface area contributed by atoms with Gasteiger partial charge in [0.2, 0.25) is 0 Å². The van der Waals surface area contributed by atoms with E-state index in [0.717, 1.165) is 6.07 Å². The molecule has 0 aliphatic carbocycles. The van der Waals surface area contributed by atoms with Gasteiger partial charge in [0.15, 0.2) is 0 Å². The molecule has 7 heteroatoms. The van der Waals surface area contributed by atoms with Gasteiger partial charge in [0.1, 0.15) is 23.7 Å². The smallest absolute Gasteiger partial charge is 0.490 e. The fourth-order valence-electron chi connectivity index (χ4n) is 1.87. The Hall–Kier alpha value is -1.47. The lowest BCUT2D eigenvalue weighted by Gasteiger charge is -2.31. The summed E-state index contributed by atoms with van der Waals surface area (Å²) in [4.78, 5) is 0. The van der Waals surface area contributed by atoms with E-state index in [9.17, 15) is 18.3 Å². The maximum atomic E-state index is 12.1. The third-order valence-corrected chi connectivity index (χ3v) is 2.97. The van der Waals surface area contributed by atoms with Gasteiger partial charge in [-0.3, -0.25) is 0 Å². The van der Waals surface area contributed by atoms with Crippen LogP contribution in [0.2, 0.25) is 0 Å². The van der Waals surface area contributed by atoms with E-state index >= 15 is 0 Å². The third-order valence-electron chi connectivity index (χ3n) is 2.97. The number of benzene rings is 1. The molecule has 0 amide bonds. The molecule has 0 bridgehead atoms. The van der Waals surface area contributed by atoms with Crippen LogP contribution in [0.25, 0.3) is 0 Å². The van der Waals surface area contributed by atoms with E-state index in [4.69, 9.17) is 9.47 Å². The Kier molecular flexibility index (Phi) is 4.39. The maximum Gasteiger partial charge on any atom is 0.573 e. The van der Waals surface area contributed by atoms with E-state index in [1.54, 1.807) is 0 Å². The summed E-state index contributed by atoms with van der Waals surface area (Å²) in [5, 5.41) is 10.2. The molecule has 1 aliphatic rings. The van der Waals surface area contributed by atoms with Crippen LogP contribution in [0.3, 0.4) is 0 Å². The van der Waals surface area contributed by atoms with Crippen LogP contribution in [-0.2, 0) is 4.74 Å². The van der Waals surface area contributed by atoms with E-state index in [1.165, 1.54) is 18.2 Å². The van der Waals surface area contributed by atoms with Crippen molar-refractivity contribution in [2.24, 2.45) is 0 Å². The molecule has 4 nitrogen and oxygen atoms in total. The zero-order valence-electron chi connectivity index (χ0n) is 10.7. The Morgan fingerprint density at radius 3 is 2.50 bits per heavy atom. The van der Waals surface area contributed by atoms with Gasteiger partial charge in [-0.1, -0.05) is 6.07 Å². The Morgan fingerprint density at radius 1 is 1.20 bits per heavy atom. The van der Waals surface area contributed by atoms with E-state index in [2.05, 4.69) is 4.74 Å². The second kappa shape index (κ2) is 5.88.